The topological polar surface area (TPSA) is 32.3 Å². The molecule has 4 heteroatoms. The third kappa shape index (κ3) is 2.10. The van der Waals surface area contributed by atoms with E-state index in [0.29, 0.717) is 4.75 Å². The van der Waals surface area contributed by atoms with Crippen LogP contribution in [0.25, 0.3) is 0 Å². The van der Waals surface area contributed by atoms with Crippen molar-refractivity contribution in [1.82, 2.24) is 10.2 Å². The average molecular weight is 256 g/mol. The first-order chi connectivity index (χ1) is 7.96. The molecule has 0 aromatic rings. The summed E-state index contributed by atoms with van der Waals surface area (Å²) in [5, 5.41) is 3.44. The fourth-order valence-corrected chi connectivity index (χ4v) is 3.83. The molecule has 2 aliphatic rings. The Morgan fingerprint density at radius 3 is 2.53 bits per heavy atom. The van der Waals surface area contributed by atoms with Gasteiger partial charge < -0.3 is 4.90 Å². The molecule has 2 unspecified atom stereocenters. The number of nitrogens with zero attached hydrogens (tertiary/aromatic N) is 1. The molecule has 2 rings (SSSR count). The van der Waals surface area contributed by atoms with E-state index in [-0.39, 0.29) is 17.6 Å². The second-order valence-electron chi connectivity index (χ2n) is 5.68. The normalized spacial score (nSPS) is 36.1. The second kappa shape index (κ2) is 4.47. The van der Waals surface area contributed by atoms with Gasteiger partial charge in [0.15, 0.2) is 0 Å². The fraction of sp³-hybridized carbons (Fsp3) is 0.923. The molecule has 1 heterocycles. The molecule has 1 aliphatic heterocycles. The van der Waals surface area contributed by atoms with E-state index in [1.165, 1.54) is 19.3 Å². The molecular weight excluding hydrogens is 232 g/mol. The van der Waals surface area contributed by atoms with Gasteiger partial charge in [-0.25, -0.2) is 0 Å². The van der Waals surface area contributed by atoms with E-state index in [2.05, 4.69) is 30.3 Å². The Morgan fingerprint density at radius 1 is 1.53 bits per heavy atom. The van der Waals surface area contributed by atoms with E-state index < -0.39 is 0 Å². The van der Waals surface area contributed by atoms with Crippen molar-refractivity contribution in [3.05, 3.63) is 0 Å². The first-order valence-corrected chi connectivity index (χ1v) is 7.83. The zero-order chi connectivity index (χ0) is 12.7. The van der Waals surface area contributed by atoms with Crippen LogP contribution in [0.1, 0.15) is 46.5 Å². The van der Waals surface area contributed by atoms with Gasteiger partial charge in [0.05, 0.1) is 11.7 Å². The van der Waals surface area contributed by atoms with E-state index in [4.69, 9.17) is 0 Å². The van der Waals surface area contributed by atoms with Crippen LogP contribution in [0.4, 0.5) is 0 Å². The Kier molecular flexibility index (Phi) is 3.47. The van der Waals surface area contributed by atoms with Gasteiger partial charge in [-0.15, -0.1) is 0 Å². The molecule has 0 aromatic carbocycles. The maximum Gasteiger partial charge on any atom is 0.243 e. The van der Waals surface area contributed by atoms with Crippen LogP contribution in [0.2, 0.25) is 0 Å². The van der Waals surface area contributed by atoms with E-state index in [0.717, 1.165) is 13.0 Å². The lowest BCUT2D eigenvalue weighted by Crippen LogP contribution is -2.49. The highest BCUT2D eigenvalue weighted by molar-refractivity contribution is 8.00. The highest BCUT2D eigenvalue weighted by Crippen LogP contribution is 2.44. The van der Waals surface area contributed by atoms with E-state index in [1.807, 2.05) is 18.7 Å². The van der Waals surface area contributed by atoms with E-state index in [9.17, 15) is 4.79 Å². The minimum atomic E-state index is -0.344. The van der Waals surface area contributed by atoms with Crippen molar-refractivity contribution in [3.8, 4) is 0 Å². The molecule has 0 aromatic heterocycles. The molecule has 1 amide bonds. The van der Waals surface area contributed by atoms with Gasteiger partial charge in [-0.2, -0.15) is 11.8 Å². The van der Waals surface area contributed by atoms with Crippen LogP contribution in [0.3, 0.4) is 0 Å². The molecule has 0 bridgehead atoms. The van der Waals surface area contributed by atoms with Crippen molar-refractivity contribution in [1.29, 1.82) is 0 Å². The molecule has 0 radical (unpaired) electrons. The Balaban J connectivity index is 2.09. The fourth-order valence-electron chi connectivity index (χ4n) is 2.86. The lowest BCUT2D eigenvalue weighted by molar-refractivity contribution is -0.133. The molecule has 98 valence electrons. The van der Waals surface area contributed by atoms with Crippen LogP contribution in [0.5, 0.6) is 0 Å². The minimum absolute atomic E-state index is 0.178. The predicted molar refractivity (Wildman–Crippen MR) is 73.1 cm³/mol. The molecule has 1 saturated heterocycles. The largest absolute Gasteiger partial charge is 0.324 e. The SMILES string of the molecule is CCC1(C)NC(C)N(CC2(SC)CCC2)C1=O. The van der Waals surface area contributed by atoms with Crippen molar-refractivity contribution in [2.24, 2.45) is 0 Å². The van der Waals surface area contributed by atoms with E-state index >= 15 is 0 Å². The van der Waals surface area contributed by atoms with Gasteiger partial charge in [0.1, 0.15) is 0 Å². The van der Waals surface area contributed by atoms with Gasteiger partial charge in [-0.3, -0.25) is 10.1 Å². The lowest BCUT2D eigenvalue weighted by atomic mass is 9.83. The lowest BCUT2D eigenvalue weighted by Gasteiger charge is -2.43. The van der Waals surface area contributed by atoms with Crippen molar-refractivity contribution < 1.29 is 4.79 Å². The van der Waals surface area contributed by atoms with Crippen molar-refractivity contribution >= 4 is 17.7 Å². The average Bonchev–Trinajstić information content (AvgIpc) is 2.47. The molecule has 1 N–H and O–H groups in total. The maximum atomic E-state index is 12.5. The molecule has 2 atom stereocenters. The highest BCUT2D eigenvalue weighted by Gasteiger charge is 2.48. The smallest absolute Gasteiger partial charge is 0.243 e. The van der Waals surface area contributed by atoms with Crippen LogP contribution in [0, 0.1) is 0 Å². The van der Waals surface area contributed by atoms with Crippen molar-refractivity contribution in [2.45, 2.75) is 62.9 Å². The number of nitrogens with one attached hydrogen (secondary N) is 1. The summed E-state index contributed by atoms with van der Waals surface area (Å²) < 4.78 is 0.338. The van der Waals surface area contributed by atoms with Crippen LogP contribution >= 0.6 is 11.8 Å². The molecule has 3 nitrogen and oxygen atoms in total. The quantitative estimate of drug-likeness (QED) is 0.837. The summed E-state index contributed by atoms with van der Waals surface area (Å²) in [6, 6.07) is 0. The predicted octanol–water partition coefficient (Wildman–Crippen LogP) is 2.22. The van der Waals surface area contributed by atoms with Crippen LogP contribution in [0.15, 0.2) is 0 Å². The minimum Gasteiger partial charge on any atom is -0.324 e. The number of carbonyl (C=O) groups is 1. The van der Waals surface area contributed by atoms with Gasteiger partial charge in [0.25, 0.3) is 0 Å². The first-order valence-electron chi connectivity index (χ1n) is 6.60. The monoisotopic (exact) mass is 256 g/mol. The number of rotatable bonds is 4. The second-order valence-corrected chi connectivity index (χ2v) is 6.95. The van der Waals surface area contributed by atoms with E-state index in [1.54, 1.807) is 0 Å². The Morgan fingerprint density at radius 2 is 2.18 bits per heavy atom. The van der Waals surface area contributed by atoms with Gasteiger partial charge in [0, 0.05) is 11.3 Å². The van der Waals surface area contributed by atoms with Gasteiger partial charge in [0.2, 0.25) is 5.91 Å². The standard InChI is InChI=1S/C13H24N2OS/c1-5-12(3)11(16)15(10(2)14-12)9-13(17-4)7-6-8-13/h10,14H,5-9H2,1-4H3. The summed E-state index contributed by atoms with van der Waals surface area (Å²) in [5.41, 5.74) is -0.344. The van der Waals surface area contributed by atoms with Crippen molar-refractivity contribution in [3.63, 3.8) is 0 Å². The molecule has 0 spiro atoms. The summed E-state index contributed by atoms with van der Waals surface area (Å²) >= 11 is 1.94. The number of thioether (sulfide) groups is 1. The third-order valence-electron chi connectivity index (χ3n) is 4.59. The summed E-state index contributed by atoms with van der Waals surface area (Å²) in [4.78, 5) is 14.5. The van der Waals surface area contributed by atoms with Crippen LogP contribution in [-0.2, 0) is 4.79 Å². The first kappa shape index (κ1) is 13.2. The number of amides is 1. The molecule has 1 saturated carbocycles. The van der Waals surface area contributed by atoms with Gasteiger partial charge in [-0.05, 0) is 39.4 Å². The zero-order valence-corrected chi connectivity index (χ0v) is 12.2. The van der Waals surface area contributed by atoms with Crippen LogP contribution in [-0.4, -0.2) is 40.1 Å². The summed E-state index contributed by atoms with van der Waals surface area (Å²) in [6.45, 7) is 7.12. The molecule has 2 fully saturated rings. The number of carbonyl (C=O) groups excluding carboxylic acids is 1. The van der Waals surface area contributed by atoms with Gasteiger partial charge in [-0.1, -0.05) is 13.3 Å². The maximum absolute atomic E-state index is 12.5. The number of hydrogen-bond donors (Lipinski definition) is 1. The molecular formula is C13H24N2OS. The Bertz CT molecular complexity index is 311. The summed E-state index contributed by atoms with van der Waals surface area (Å²) in [7, 11) is 0. The van der Waals surface area contributed by atoms with Crippen molar-refractivity contribution in [2.75, 3.05) is 12.8 Å². The van der Waals surface area contributed by atoms with Crippen LogP contribution < -0.4 is 5.32 Å². The molecule has 1 aliphatic carbocycles. The highest BCUT2D eigenvalue weighted by atomic mass is 32.2. The summed E-state index contributed by atoms with van der Waals surface area (Å²) in [5.74, 6) is 0.285. The zero-order valence-electron chi connectivity index (χ0n) is 11.4. The van der Waals surface area contributed by atoms with Gasteiger partial charge >= 0.3 is 0 Å². The molecule has 17 heavy (non-hydrogen) atoms. The Labute approximate surface area is 109 Å². The third-order valence-corrected chi connectivity index (χ3v) is 5.99. The summed E-state index contributed by atoms with van der Waals surface area (Å²) in [6.07, 6.45) is 7.05. The Hall–Kier alpha value is -0.220. The number of hydrogen-bond acceptors (Lipinski definition) is 3.